The van der Waals surface area contributed by atoms with Gasteiger partial charge in [-0.1, -0.05) is 60.7 Å². The summed E-state index contributed by atoms with van der Waals surface area (Å²) in [6.07, 6.45) is 1.54. The number of allylic oxidation sites excluding steroid dienone is 1. The van der Waals surface area contributed by atoms with Crippen LogP contribution >= 0.6 is 0 Å². The molecule has 0 bridgehead atoms. The van der Waals surface area contributed by atoms with E-state index in [1.165, 1.54) is 6.26 Å². The van der Waals surface area contributed by atoms with Crippen LogP contribution in [-0.2, 0) is 19.1 Å². The van der Waals surface area contributed by atoms with Gasteiger partial charge in [0.2, 0.25) is 0 Å². The first-order valence-electron chi connectivity index (χ1n) is 9.09. The maximum absolute atomic E-state index is 13.5. The second-order valence-corrected chi connectivity index (χ2v) is 7.28. The van der Waals surface area contributed by atoms with Crippen LogP contribution in [0.3, 0.4) is 0 Å². The molecule has 2 unspecified atom stereocenters. The van der Waals surface area contributed by atoms with Gasteiger partial charge < -0.3 is 4.74 Å². The van der Waals surface area contributed by atoms with Crippen LogP contribution < -0.4 is 0 Å². The van der Waals surface area contributed by atoms with Crippen molar-refractivity contribution in [1.29, 1.82) is 0 Å². The molecule has 2 atom stereocenters. The van der Waals surface area contributed by atoms with E-state index in [0.29, 0.717) is 5.57 Å². The maximum atomic E-state index is 13.5. The molecule has 4 heteroatoms. The molecule has 0 aromatic heterocycles. The Kier molecular flexibility index (Phi) is 4.27. The van der Waals surface area contributed by atoms with Gasteiger partial charge in [0.15, 0.2) is 5.78 Å². The molecule has 27 heavy (non-hydrogen) atoms. The SMILES string of the molecule is CC1=COC(=O)C2(C1=O)C(c1ccccc1)CC(=O)CC2c1ccccc1. The summed E-state index contributed by atoms with van der Waals surface area (Å²) in [7, 11) is 0. The lowest BCUT2D eigenvalue weighted by Gasteiger charge is -2.47. The van der Waals surface area contributed by atoms with Crippen LogP contribution in [-0.4, -0.2) is 17.5 Å². The molecule has 1 fully saturated rings. The smallest absolute Gasteiger partial charge is 0.326 e. The van der Waals surface area contributed by atoms with Crippen LogP contribution in [0.4, 0.5) is 0 Å². The fourth-order valence-electron chi connectivity index (χ4n) is 4.55. The van der Waals surface area contributed by atoms with E-state index in [0.717, 1.165) is 11.1 Å². The number of carbonyl (C=O) groups is 3. The third-order valence-corrected chi connectivity index (χ3v) is 5.78. The van der Waals surface area contributed by atoms with Gasteiger partial charge >= 0.3 is 5.97 Å². The first kappa shape index (κ1) is 17.4. The number of ether oxygens (including phenoxy) is 1. The van der Waals surface area contributed by atoms with Crippen LogP contribution in [0.2, 0.25) is 0 Å². The Morgan fingerprint density at radius 3 is 1.78 bits per heavy atom. The Hall–Kier alpha value is -3.01. The predicted molar refractivity (Wildman–Crippen MR) is 99.9 cm³/mol. The lowest BCUT2D eigenvalue weighted by molar-refractivity contribution is -0.163. The van der Waals surface area contributed by atoms with Gasteiger partial charge in [-0.3, -0.25) is 14.4 Å². The molecule has 2 aliphatic rings. The van der Waals surface area contributed by atoms with Crippen molar-refractivity contribution in [2.45, 2.75) is 31.6 Å². The molecule has 1 saturated carbocycles. The van der Waals surface area contributed by atoms with Crippen molar-refractivity contribution in [3.05, 3.63) is 83.6 Å². The van der Waals surface area contributed by atoms with Gasteiger partial charge in [-0.05, 0) is 18.1 Å². The first-order valence-corrected chi connectivity index (χ1v) is 9.09. The van der Waals surface area contributed by atoms with E-state index in [2.05, 4.69) is 0 Å². The number of hydrogen-bond acceptors (Lipinski definition) is 4. The molecule has 0 saturated heterocycles. The molecular weight excluding hydrogens is 340 g/mol. The molecule has 1 aliphatic heterocycles. The summed E-state index contributed by atoms with van der Waals surface area (Å²) in [5.41, 5.74) is 0.610. The highest BCUT2D eigenvalue weighted by Gasteiger charge is 2.63. The molecule has 2 aromatic rings. The van der Waals surface area contributed by atoms with Crippen molar-refractivity contribution in [3.63, 3.8) is 0 Å². The van der Waals surface area contributed by atoms with E-state index in [-0.39, 0.29) is 24.4 Å². The van der Waals surface area contributed by atoms with Crippen molar-refractivity contribution < 1.29 is 19.1 Å². The van der Waals surface area contributed by atoms with Crippen molar-refractivity contribution in [2.24, 2.45) is 5.41 Å². The molecule has 0 amide bonds. The second kappa shape index (κ2) is 6.62. The summed E-state index contributed by atoms with van der Waals surface area (Å²) in [5.74, 6) is -1.85. The molecule has 1 aliphatic carbocycles. The van der Waals surface area contributed by atoms with Crippen LogP contribution in [0, 0.1) is 5.41 Å². The molecule has 0 radical (unpaired) electrons. The summed E-state index contributed by atoms with van der Waals surface area (Å²) >= 11 is 0. The minimum absolute atomic E-state index is 0.0520. The topological polar surface area (TPSA) is 60.4 Å². The van der Waals surface area contributed by atoms with Gasteiger partial charge in [0, 0.05) is 30.3 Å². The molecule has 1 spiro atoms. The first-order chi connectivity index (χ1) is 13.0. The summed E-state index contributed by atoms with van der Waals surface area (Å²) in [5, 5.41) is 0. The highest BCUT2D eigenvalue weighted by molar-refractivity contribution is 6.16. The highest BCUT2D eigenvalue weighted by atomic mass is 16.5. The summed E-state index contributed by atoms with van der Waals surface area (Å²) in [4.78, 5) is 39.4. The Morgan fingerprint density at radius 2 is 1.30 bits per heavy atom. The van der Waals surface area contributed by atoms with Crippen LogP contribution in [0.25, 0.3) is 0 Å². The van der Waals surface area contributed by atoms with E-state index < -0.39 is 23.2 Å². The quantitative estimate of drug-likeness (QED) is 0.601. The number of rotatable bonds is 2. The Morgan fingerprint density at radius 1 is 0.815 bits per heavy atom. The van der Waals surface area contributed by atoms with Gasteiger partial charge in [0.25, 0.3) is 0 Å². The lowest BCUT2D eigenvalue weighted by Crippen LogP contribution is -2.55. The van der Waals surface area contributed by atoms with E-state index in [9.17, 15) is 14.4 Å². The maximum Gasteiger partial charge on any atom is 0.326 e. The zero-order valence-corrected chi connectivity index (χ0v) is 15.1. The molecule has 4 nitrogen and oxygen atoms in total. The average molecular weight is 360 g/mol. The van der Waals surface area contributed by atoms with E-state index >= 15 is 0 Å². The van der Waals surface area contributed by atoms with Crippen LogP contribution in [0.5, 0.6) is 0 Å². The van der Waals surface area contributed by atoms with Crippen molar-refractivity contribution in [1.82, 2.24) is 0 Å². The standard InChI is InChI=1S/C23H20O4/c1-15-14-27-22(26)23(21(15)25)19(16-8-4-2-5-9-16)12-18(24)13-20(23)17-10-6-3-7-11-17/h2-11,14,19-20H,12-13H2,1H3. The van der Waals surface area contributed by atoms with E-state index in [4.69, 9.17) is 4.74 Å². The summed E-state index contributed by atoms with van der Waals surface area (Å²) < 4.78 is 5.36. The monoisotopic (exact) mass is 360 g/mol. The van der Waals surface area contributed by atoms with Gasteiger partial charge in [-0.15, -0.1) is 0 Å². The van der Waals surface area contributed by atoms with Gasteiger partial charge in [-0.2, -0.15) is 0 Å². The van der Waals surface area contributed by atoms with Gasteiger partial charge in [-0.25, -0.2) is 0 Å². The molecular formula is C23H20O4. The van der Waals surface area contributed by atoms with E-state index in [1.807, 2.05) is 60.7 Å². The minimum atomic E-state index is -1.42. The number of Topliss-reactive ketones (excluding diaryl/α,β-unsaturated/α-hetero) is 2. The Labute approximate surface area is 157 Å². The van der Waals surface area contributed by atoms with E-state index in [1.54, 1.807) is 6.92 Å². The molecule has 4 rings (SSSR count). The average Bonchev–Trinajstić information content (AvgIpc) is 2.71. The predicted octanol–water partition coefficient (Wildman–Crippen LogP) is 3.93. The third kappa shape index (κ3) is 2.64. The Balaban J connectivity index is 1.98. The molecule has 136 valence electrons. The van der Waals surface area contributed by atoms with Crippen molar-refractivity contribution in [2.75, 3.05) is 0 Å². The molecule has 2 aromatic carbocycles. The second-order valence-electron chi connectivity index (χ2n) is 7.28. The largest absolute Gasteiger partial charge is 0.433 e. The highest BCUT2D eigenvalue weighted by Crippen LogP contribution is 2.57. The lowest BCUT2D eigenvalue weighted by atomic mass is 9.53. The van der Waals surface area contributed by atoms with Crippen LogP contribution in [0.15, 0.2) is 72.5 Å². The number of carbonyl (C=O) groups excluding carboxylic acids is 3. The van der Waals surface area contributed by atoms with Crippen molar-refractivity contribution >= 4 is 17.5 Å². The fraction of sp³-hybridized carbons (Fsp3) is 0.261. The van der Waals surface area contributed by atoms with Gasteiger partial charge in [0.1, 0.15) is 17.5 Å². The number of cyclic esters (lactones) is 1. The third-order valence-electron chi connectivity index (χ3n) is 5.78. The number of ketones is 2. The summed E-state index contributed by atoms with van der Waals surface area (Å²) in [6, 6.07) is 18.7. The minimum Gasteiger partial charge on any atom is -0.433 e. The Bertz CT molecular complexity index is 876. The van der Waals surface area contributed by atoms with Gasteiger partial charge in [0.05, 0.1) is 0 Å². The normalized spacial score (nSPS) is 28.0. The summed E-state index contributed by atoms with van der Waals surface area (Å²) in [6.45, 7) is 1.66. The molecule has 1 heterocycles. The van der Waals surface area contributed by atoms with Crippen molar-refractivity contribution in [3.8, 4) is 0 Å². The zero-order valence-electron chi connectivity index (χ0n) is 15.1. The number of hydrogen-bond donors (Lipinski definition) is 0. The zero-order chi connectivity index (χ0) is 19.0. The molecule has 0 N–H and O–H groups in total. The van der Waals surface area contributed by atoms with Crippen LogP contribution in [0.1, 0.15) is 42.7 Å². The fourth-order valence-corrected chi connectivity index (χ4v) is 4.55. The number of esters is 1. The number of benzene rings is 2.